The molecule has 3 aliphatic heterocycles. The van der Waals surface area contributed by atoms with Gasteiger partial charge in [-0.2, -0.15) is 0 Å². The molecule has 2 fully saturated rings. The maximum absolute atomic E-state index is 13.2. The molecule has 0 bridgehead atoms. The maximum Gasteiger partial charge on any atom is 0.337 e. The second-order valence-corrected chi connectivity index (χ2v) is 10.9. The van der Waals surface area contributed by atoms with E-state index in [9.17, 15) is 28.8 Å². The molecule has 0 aromatic heterocycles. The van der Waals surface area contributed by atoms with Crippen LogP contribution in [0, 0.1) is 11.8 Å². The largest absolute Gasteiger partial charge is 0.471 e. The number of benzene rings is 1. The van der Waals surface area contributed by atoms with E-state index >= 15 is 0 Å². The van der Waals surface area contributed by atoms with Gasteiger partial charge in [-0.05, 0) is 30.2 Å². The maximum atomic E-state index is 13.2. The zero-order chi connectivity index (χ0) is 35.0. The van der Waals surface area contributed by atoms with Gasteiger partial charge in [0.2, 0.25) is 12.6 Å². The lowest BCUT2D eigenvalue weighted by Gasteiger charge is -2.46. The summed E-state index contributed by atoms with van der Waals surface area (Å²) in [6.07, 6.45) is -2.72. The van der Waals surface area contributed by atoms with Crippen LogP contribution in [0.2, 0.25) is 0 Å². The van der Waals surface area contributed by atoms with Gasteiger partial charge in [0.25, 0.3) is 0 Å². The number of hydrogen-bond acceptors (Lipinski definition) is 15. The van der Waals surface area contributed by atoms with E-state index in [0.29, 0.717) is 23.3 Å². The fraction of sp³-hybridized carbons (Fsp3) is 0.455. The Hall–Kier alpha value is -5.02. The number of fused-ring (bicyclic) bond motifs is 1. The fourth-order valence-corrected chi connectivity index (χ4v) is 5.41. The molecule has 0 saturated carbocycles. The van der Waals surface area contributed by atoms with E-state index in [1.165, 1.54) is 31.4 Å². The molecule has 258 valence electrons. The molecule has 48 heavy (non-hydrogen) atoms. The van der Waals surface area contributed by atoms with Crippen LogP contribution in [0.25, 0.3) is 6.08 Å². The minimum absolute atomic E-state index is 0.167. The van der Waals surface area contributed by atoms with E-state index in [4.69, 9.17) is 42.6 Å². The van der Waals surface area contributed by atoms with Crippen LogP contribution < -0.4 is 4.74 Å². The van der Waals surface area contributed by atoms with Crippen LogP contribution in [0.15, 0.2) is 54.8 Å². The molecule has 8 atom stereocenters. The van der Waals surface area contributed by atoms with Crippen LogP contribution in [0.5, 0.6) is 5.75 Å². The van der Waals surface area contributed by atoms with Crippen molar-refractivity contribution in [2.24, 2.45) is 11.8 Å². The number of ether oxygens (including phenoxy) is 9. The Balaban J connectivity index is 1.66. The first-order valence-electron chi connectivity index (χ1n) is 15.0. The summed E-state index contributed by atoms with van der Waals surface area (Å²) in [4.78, 5) is 72.9. The van der Waals surface area contributed by atoms with Crippen molar-refractivity contribution < 1.29 is 71.4 Å². The summed E-state index contributed by atoms with van der Waals surface area (Å²) < 4.78 is 50.1. The predicted molar refractivity (Wildman–Crippen MR) is 160 cm³/mol. The lowest BCUT2D eigenvalue weighted by molar-refractivity contribution is -0.342. The fourth-order valence-electron chi connectivity index (χ4n) is 5.41. The van der Waals surface area contributed by atoms with Gasteiger partial charge < -0.3 is 42.6 Å². The van der Waals surface area contributed by atoms with Gasteiger partial charge in [0.15, 0.2) is 18.3 Å². The average molecular weight is 673 g/mol. The van der Waals surface area contributed by atoms with E-state index in [1.54, 1.807) is 18.2 Å². The molecule has 0 N–H and O–H groups in total. The van der Waals surface area contributed by atoms with Crippen LogP contribution in [-0.2, 0) is 66.7 Å². The topological polar surface area (TPSA) is 185 Å². The number of carbonyl (C=O) groups excluding carboxylic acids is 6. The molecule has 0 unspecified atom stereocenters. The smallest absolute Gasteiger partial charge is 0.337 e. The first-order valence-corrected chi connectivity index (χ1v) is 15.0. The third kappa shape index (κ3) is 9.29. The minimum atomic E-state index is -1.56. The van der Waals surface area contributed by atoms with Crippen molar-refractivity contribution >= 4 is 41.9 Å². The molecule has 15 nitrogen and oxygen atoms in total. The minimum Gasteiger partial charge on any atom is -0.471 e. The highest BCUT2D eigenvalue weighted by Crippen LogP contribution is 2.39. The van der Waals surface area contributed by atoms with Crippen LogP contribution in [0.3, 0.4) is 0 Å². The molecule has 1 aromatic rings. The van der Waals surface area contributed by atoms with Gasteiger partial charge >= 0.3 is 35.8 Å². The molecule has 0 spiro atoms. The van der Waals surface area contributed by atoms with E-state index in [-0.39, 0.29) is 12.5 Å². The Morgan fingerprint density at radius 1 is 0.875 bits per heavy atom. The van der Waals surface area contributed by atoms with E-state index in [2.05, 4.69) is 6.58 Å². The first kappa shape index (κ1) is 35.8. The zero-order valence-electron chi connectivity index (χ0n) is 26.7. The van der Waals surface area contributed by atoms with Crippen molar-refractivity contribution in [3.8, 4) is 5.75 Å². The summed E-state index contributed by atoms with van der Waals surface area (Å²) in [6.45, 7) is 8.21. The van der Waals surface area contributed by atoms with Crippen molar-refractivity contribution in [2.45, 2.75) is 71.1 Å². The summed E-state index contributed by atoms with van der Waals surface area (Å²) in [5.41, 5.74) is 0.842. The molecule has 0 amide bonds. The second-order valence-electron chi connectivity index (χ2n) is 10.9. The van der Waals surface area contributed by atoms with Gasteiger partial charge in [-0.15, -0.1) is 6.58 Å². The van der Waals surface area contributed by atoms with Gasteiger partial charge in [0, 0.05) is 45.6 Å². The highest BCUT2D eigenvalue weighted by Gasteiger charge is 2.54. The van der Waals surface area contributed by atoms with E-state index in [0.717, 1.165) is 26.8 Å². The summed E-state index contributed by atoms with van der Waals surface area (Å²) >= 11 is 0. The summed E-state index contributed by atoms with van der Waals surface area (Å²) in [5.74, 6) is -4.92. The monoisotopic (exact) mass is 672 g/mol. The van der Waals surface area contributed by atoms with Gasteiger partial charge in [-0.1, -0.05) is 18.2 Å². The first-order chi connectivity index (χ1) is 22.9. The molecule has 3 heterocycles. The molecule has 4 rings (SSSR count). The Morgan fingerprint density at radius 2 is 1.56 bits per heavy atom. The van der Waals surface area contributed by atoms with Gasteiger partial charge in [0.1, 0.15) is 18.5 Å². The van der Waals surface area contributed by atoms with Crippen molar-refractivity contribution in [1.82, 2.24) is 0 Å². The van der Waals surface area contributed by atoms with E-state index < -0.39 is 85.3 Å². The van der Waals surface area contributed by atoms with Gasteiger partial charge in [-0.25, -0.2) is 9.59 Å². The molecule has 15 heteroatoms. The second kappa shape index (κ2) is 16.2. The van der Waals surface area contributed by atoms with Crippen molar-refractivity contribution in [1.29, 1.82) is 0 Å². The zero-order valence-corrected chi connectivity index (χ0v) is 26.7. The normalized spacial score (nSPS) is 28.0. The van der Waals surface area contributed by atoms with Gasteiger partial charge in [-0.3, -0.25) is 19.2 Å². The summed E-state index contributed by atoms with van der Waals surface area (Å²) in [5, 5.41) is 0. The van der Waals surface area contributed by atoms with Crippen LogP contribution in [0.1, 0.15) is 39.7 Å². The SMILES string of the molecule is C=C[C@H]1[C@H](O[C@@H]2O[C@H](COC(C)=O)[C@@H](OC(C)=O)[C@H](OC(C)=O)[C@H]2OC(=O)/C=C/c2ccc(OC(C)=O)cc2)OC=C2C(=O)OCC[C@H]21. The van der Waals surface area contributed by atoms with Crippen LogP contribution in [0.4, 0.5) is 0 Å². The Kier molecular flexibility index (Phi) is 12.1. The molecular weight excluding hydrogens is 636 g/mol. The van der Waals surface area contributed by atoms with Gasteiger partial charge in [0.05, 0.1) is 18.4 Å². The van der Waals surface area contributed by atoms with E-state index in [1.807, 2.05) is 0 Å². The molecule has 2 saturated heterocycles. The molecule has 1 aromatic carbocycles. The Labute approximate surface area is 275 Å². The lowest BCUT2D eigenvalue weighted by atomic mass is 9.81. The third-order valence-electron chi connectivity index (χ3n) is 7.40. The van der Waals surface area contributed by atoms with Crippen LogP contribution in [-0.4, -0.2) is 86.0 Å². The quantitative estimate of drug-likeness (QED) is 0.110. The number of cyclic esters (lactones) is 1. The summed E-state index contributed by atoms with van der Waals surface area (Å²) in [6, 6.07) is 6.24. The van der Waals surface area contributed by atoms with Crippen LogP contribution >= 0.6 is 0 Å². The number of carbonyl (C=O) groups is 6. The Bertz CT molecular complexity index is 1460. The number of esters is 6. The highest BCUT2D eigenvalue weighted by atomic mass is 16.8. The molecule has 0 aliphatic carbocycles. The average Bonchev–Trinajstić information content (AvgIpc) is 3.02. The highest BCUT2D eigenvalue weighted by molar-refractivity contribution is 5.89. The third-order valence-corrected chi connectivity index (χ3v) is 7.40. The number of rotatable bonds is 11. The lowest BCUT2D eigenvalue weighted by Crippen LogP contribution is -2.63. The summed E-state index contributed by atoms with van der Waals surface area (Å²) in [7, 11) is 0. The Morgan fingerprint density at radius 3 is 2.19 bits per heavy atom. The molecular formula is C33H36O15. The standard InChI is InChI=1S/C33H36O15/c1-6-23-24-13-14-40-31(39)25(24)15-42-32(23)48-33-30(47-27(38)12-9-21-7-10-22(11-8-21)43-18(3)35)29(45-20(5)37)28(44-19(4)36)26(46-33)16-41-17(2)34/h6-12,15,23-24,26,28-30,32-33H,1,13-14,16H2,2-5H3/b12-9+/t23-,24+,26-,28-,29+,30-,32+,33+/m1/s1. The van der Waals surface area contributed by atoms with Crippen molar-refractivity contribution in [2.75, 3.05) is 13.2 Å². The number of hydrogen-bond donors (Lipinski definition) is 0. The molecule has 3 aliphatic rings. The molecule has 0 radical (unpaired) electrons. The van der Waals surface area contributed by atoms with Crippen molar-refractivity contribution in [3.05, 3.63) is 60.4 Å². The van der Waals surface area contributed by atoms with Crippen molar-refractivity contribution in [3.63, 3.8) is 0 Å². The predicted octanol–water partition coefficient (Wildman–Crippen LogP) is 2.31.